The minimum Gasteiger partial charge on any atom is -0.477 e. The van der Waals surface area contributed by atoms with E-state index in [2.05, 4.69) is 10.0 Å². The van der Waals surface area contributed by atoms with Crippen molar-refractivity contribution < 1.29 is 18.3 Å². The molecule has 3 rings (SSSR count). The Morgan fingerprint density at radius 3 is 2.48 bits per heavy atom. The fraction of sp³-hybridized carbons (Fsp3) is 0.0625. The standard InChI is InChI=1S/C16H12Cl3N3O4S/c17-7-3-10(19)15-11(4-7)21-13(16(23)24)6-12(15)22-27(25,26)14-2-1-8(20)5-9(14)18/h1-6,12,21-22H,20H2,(H,23,24). The number of hydrogen-bond acceptors (Lipinski definition) is 5. The lowest BCUT2D eigenvalue weighted by atomic mass is 10.0. The molecule has 1 aliphatic rings. The third kappa shape index (κ3) is 3.99. The second kappa shape index (κ2) is 7.21. The molecule has 5 N–H and O–H groups in total. The quantitative estimate of drug-likeness (QED) is 0.530. The molecule has 142 valence electrons. The van der Waals surface area contributed by atoms with Gasteiger partial charge in [0.1, 0.15) is 10.6 Å². The van der Waals surface area contributed by atoms with Crippen molar-refractivity contribution in [3.05, 3.63) is 62.7 Å². The molecule has 0 bridgehead atoms. The summed E-state index contributed by atoms with van der Waals surface area (Å²) < 4.78 is 28.0. The molecule has 0 saturated carbocycles. The highest BCUT2D eigenvalue weighted by atomic mass is 35.5. The first-order chi connectivity index (χ1) is 12.6. The van der Waals surface area contributed by atoms with Gasteiger partial charge in [0.15, 0.2) is 0 Å². The fourth-order valence-corrected chi connectivity index (χ4v) is 4.94. The summed E-state index contributed by atoms with van der Waals surface area (Å²) in [7, 11) is -4.12. The Kier molecular flexibility index (Phi) is 5.29. The van der Waals surface area contributed by atoms with Crippen molar-refractivity contribution in [2.75, 3.05) is 11.1 Å². The van der Waals surface area contributed by atoms with E-state index < -0.39 is 22.0 Å². The third-order valence-corrected chi connectivity index (χ3v) is 6.22. The number of sulfonamides is 1. The van der Waals surface area contributed by atoms with Crippen LogP contribution in [0.15, 0.2) is 47.0 Å². The van der Waals surface area contributed by atoms with Gasteiger partial charge in [0.05, 0.1) is 11.1 Å². The van der Waals surface area contributed by atoms with Crippen molar-refractivity contribution in [2.24, 2.45) is 0 Å². The van der Waals surface area contributed by atoms with E-state index in [1.807, 2.05) is 0 Å². The van der Waals surface area contributed by atoms with Crippen molar-refractivity contribution in [3.63, 3.8) is 0 Å². The molecule has 1 unspecified atom stereocenters. The van der Waals surface area contributed by atoms with Gasteiger partial charge >= 0.3 is 5.97 Å². The van der Waals surface area contributed by atoms with E-state index in [-0.39, 0.29) is 31.3 Å². The number of hydrogen-bond donors (Lipinski definition) is 4. The maximum atomic E-state index is 12.8. The Morgan fingerprint density at radius 1 is 1.15 bits per heavy atom. The van der Waals surface area contributed by atoms with Gasteiger partial charge in [-0.15, -0.1) is 0 Å². The van der Waals surface area contributed by atoms with Gasteiger partial charge in [0.25, 0.3) is 0 Å². The minimum atomic E-state index is -4.12. The first kappa shape index (κ1) is 19.8. The molecule has 2 aromatic carbocycles. The van der Waals surface area contributed by atoms with E-state index in [4.69, 9.17) is 40.5 Å². The number of carboxylic acid groups (broad SMARTS) is 1. The summed E-state index contributed by atoms with van der Waals surface area (Å²) in [5.74, 6) is -1.27. The van der Waals surface area contributed by atoms with Crippen molar-refractivity contribution in [3.8, 4) is 0 Å². The molecule has 0 radical (unpaired) electrons. The number of rotatable bonds is 4. The van der Waals surface area contributed by atoms with Crippen LogP contribution >= 0.6 is 34.8 Å². The third-order valence-electron chi connectivity index (χ3n) is 3.77. The van der Waals surface area contributed by atoms with Gasteiger partial charge in [-0.25, -0.2) is 13.2 Å². The Balaban J connectivity index is 2.09. The summed E-state index contributed by atoms with van der Waals surface area (Å²) in [6.07, 6.45) is 1.20. The molecule has 11 heteroatoms. The Bertz CT molecular complexity index is 1090. The number of halogens is 3. The van der Waals surface area contributed by atoms with Crippen LogP contribution < -0.4 is 15.8 Å². The predicted molar refractivity (Wildman–Crippen MR) is 105 cm³/mol. The van der Waals surface area contributed by atoms with Crippen molar-refractivity contribution in [1.82, 2.24) is 4.72 Å². The molecule has 1 heterocycles. The lowest BCUT2D eigenvalue weighted by molar-refractivity contribution is -0.132. The molecular formula is C16H12Cl3N3O4S. The summed E-state index contributed by atoms with van der Waals surface area (Å²) in [5, 5.41) is 12.3. The number of carbonyl (C=O) groups is 1. The predicted octanol–water partition coefficient (Wildman–Crippen LogP) is 3.64. The largest absolute Gasteiger partial charge is 0.477 e. The lowest BCUT2D eigenvalue weighted by Gasteiger charge is -2.26. The monoisotopic (exact) mass is 447 g/mol. The number of nitrogen functional groups attached to an aromatic ring is 1. The summed E-state index contributed by atoms with van der Waals surface area (Å²) in [6, 6.07) is 5.78. The van der Waals surface area contributed by atoms with Crippen LogP contribution in [0.5, 0.6) is 0 Å². The highest BCUT2D eigenvalue weighted by Gasteiger charge is 2.30. The Labute approximate surface area is 169 Å². The number of benzene rings is 2. The minimum absolute atomic E-state index is 0.0682. The van der Waals surface area contributed by atoms with Gasteiger partial charge in [0.2, 0.25) is 10.0 Å². The maximum absolute atomic E-state index is 12.8. The topological polar surface area (TPSA) is 122 Å². The molecule has 0 spiro atoms. The fourth-order valence-electron chi connectivity index (χ4n) is 2.62. The highest BCUT2D eigenvalue weighted by Crippen LogP contribution is 2.39. The molecule has 7 nitrogen and oxygen atoms in total. The molecule has 2 aromatic rings. The van der Waals surface area contributed by atoms with Crippen molar-refractivity contribution in [2.45, 2.75) is 10.9 Å². The normalized spacial score (nSPS) is 16.3. The average molecular weight is 449 g/mol. The van der Waals surface area contributed by atoms with Gasteiger partial charge in [-0.2, -0.15) is 4.72 Å². The number of anilines is 2. The van der Waals surface area contributed by atoms with Crippen LogP contribution in [0.1, 0.15) is 11.6 Å². The first-order valence-corrected chi connectivity index (χ1v) is 9.98. The van der Waals surface area contributed by atoms with E-state index in [1.165, 1.54) is 36.4 Å². The average Bonchev–Trinajstić information content (AvgIpc) is 2.52. The van der Waals surface area contributed by atoms with Gasteiger partial charge < -0.3 is 16.2 Å². The van der Waals surface area contributed by atoms with Gasteiger partial charge in [-0.05, 0) is 36.4 Å². The molecule has 27 heavy (non-hydrogen) atoms. The molecule has 0 aromatic heterocycles. The van der Waals surface area contributed by atoms with Gasteiger partial charge in [-0.1, -0.05) is 34.8 Å². The lowest BCUT2D eigenvalue weighted by Crippen LogP contribution is -2.32. The smallest absolute Gasteiger partial charge is 0.352 e. The summed E-state index contributed by atoms with van der Waals surface area (Å²) in [5.41, 5.74) is 6.28. The zero-order chi connectivity index (χ0) is 19.9. The molecular weight excluding hydrogens is 437 g/mol. The zero-order valence-electron chi connectivity index (χ0n) is 13.3. The van der Waals surface area contributed by atoms with Gasteiger partial charge in [0, 0.05) is 27.0 Å². The Hall–Kier alpha value is -1.97. The molecule has 1 aliphatic heterocycles. The second-order valence-corrected chi connectivity index (χ2v) is 8.58. The molecule has 0 saturated heterocycles. The number of nitrogens with two attached hydrogens (primary N) is 1. The Morgan fingerprint density at radius 2 is 1.85 bits per heavy atom. The van der Waals surface area contributed by atoms with Crippen molar-refractivity contribution in [1.29, 1.82) is 0 Å². The van der Waals surface area contributed by atoms with Crippen LogP contribution in [-0.4, -0.2) is 19.5 Å². The summed E-state index contributed by atoms with van der Waals surface area (Å²) >= 11 is 18.2. The molecule has 0 amide bonds. The van der Waals surface area contributed by atoms with Crippen LogP contribution in [-0.2, 0) is 14.8 Å². The number of aliphatic carboxylic acids is 1. The summed E-state index contributed by atoms with van der Waals surface area (Å²) in [6.45, 7) is 0. The van der Waals surface area contributed by atoms with E-state index in [0.29, 0.717) is 11.3 Å². The maximum Gasteiger partial charge on any atom is 0.352 e. The summed E-state index contributed by atoms with van der Waals surface area (Å²) in [4.78, 5) is 11.2. The van der Waals surface area contributed by atoms with Crippen LogP contribution in [0, 0.1) is 0 Å². The highest BCUT2D eigenvalue weighted by molar-refractivity contribution is 7.89. The number of carboxylic acids is 1. The van der Waals surface area contributed by atoms with E-state index in [0.717, 1.165) is 0 Å². The van der Waals surface area contributed by atoms with Crippen LogP contribution in [0.4, 0.5) is 11.4 Å². The zero-order valence-corrected chi connectivity index (χ0v) is 16.4. The second-order valence-electron chi connectivity index (χ2n) is 5.65. The van der Waals surface area contributed by atoms with E-state index in [1.54, 1.807) is 0 Å². The van der Waals surface area contributed by atoms with Crippen molar-refractivity contribution >= 4 is 62.2 Å². The number of nitrogens with one attached hydrogen (secondary N) is 2. The van der Waals surface area contributed by atoms with Crippen LogP contribution in [0.25, 0.3) is 0 Å². The van der Waals surface area contributed by atoms with E-state index >= 15 is 0 Å². The van der Waals surface area contributed by atoms with E-state index in [9.17, 15) is 18.3 Å². The van der Waals surface area contributed by atoms with Crippen LogP contribution in [0.3, 0.4) is 0 Å². The SMILES string of the molecule is Nc1ccc(S(=O)(=O)NC2C=C(C(=O)O)Nc3cc(Cl)cc(Cl)c32)c(Cl)c1. The molecule has 0 aliphatic carbocycles. The van der Waals surface area contributed by atoms with Crippen LogP contribution in [0.2, 0.25) is 15.1 Å². The molecule has 0 fully saturated rings. The number of fused-ring (bicyclic) bond motifs is 1. The first-order valence-electron chi connectivity index (χ1n) is 7.37. The molecule has 1 atom stereocenters. The van der Waals surface area contributed by atoms with Gasteiger partial charge in [-0.3, -0.25) is 0 Å².